The Kier molecular flexibility index (Phi) is 6.21. The Morgan fingerprint density at radius 1 is 1.06 bits per heavy atom. The number of hydrogen-bond acceptors (Lipinski definition) is 5. The molecule has 0 bridgehead atoms. The number of aliphatic imine (C=N–C) groups is 1. The molecule has 1 N–H and O–H groups in total. The van der Waals surface area contributed by atoms with Gasteiger partial charge in [-0.2, -0.15) is 0 Å². The van der Waals surface area contributed by atoms with Crippen molar-refractivity contribution in [2.45, 2.75) is 33.1 Å². The number of nitrogens with one attached hydrogen (secondary N) is 1. The summed E-state index contributed by atoms with van der Waals surface area (Å²) in [5.41, 5.74) is 5.63. The summed E-state index contributed by atoms with van der Waals surface area (Å²) in [6, 6.07) is 12.5. The maximum absolute atomic E-state index is 5.20. The Bertz CT molecular complexity index is 1060. The van der Waals surface area contributed by atoms with Gasteiger partial charge in [-0.3, -0.25) is 0 Å². The lowest BCUT2D eigenvalue weighted by Crippen LogP contribution is -2.41. The first-order valence-corrected chi connectivity index (χ1v) is 11.0. The van der Waals surface area contributed by atoms with Crippen LogP contribution in [0.1, 0.15) is 36.0 Å². The Morgan fingerprint density at radius 2 is 1.90 bits per heavy atom. The largest absolute Gasteiger partial charge is 0.372 e. The van der Waals surface area contributed by atoms with Crippen LogP contribution in [0.5, 0.6) is 0 Å². The van der Waals surface area contributed by atoms with Crippen LogP contribution in [-0.2, 0) is 0 Å². The molecule has 0 radical (unpaired) electrons. The Labute approximate surface area is 185 Å². The lowest BCUT2D eigenvalue weighted by Gasteiger charge is -2.35. The van der Waals surface area contributed by atoms with Crippen molar-refractivity contribution in [2.75, 3.05) is 25.5 Å². The predicted octanol–water partition coefficient (Wildman–Crippen LogP) is 5.34. The molecule has 0 atom stereocenters. The number of allylic oxidation sites excluding steroid dienone is 2. The van der Waals surface area contributed by atoms with E-state index in [1.54, 1.807) is 6.20 Å². The number of benzene rings is 1. The first-order chi connectivity index (χ1) is 15.0. The van der Waals surface area contributed by atoms with Gasteiger partial charge in [-0.05, 0) is 50.8 Å². The summed E-state index contributed by atoms with van der Waals surface area (Å²) in [5.74, 6) is 2.57. The number of hydrogen-bond donors (Lipinski definition) is 1. The molecule has 0 saturated carbocycles. The molecular weight excluding hydrogens is 382 g/mol. The van der Waals surface area contributed by atoms with Gasteiger partial charge in [0.05, 0.1) is 11.4 Å². The van der Waals surface area contributed by atoms with Crippen molar-refractivity contribution in [3.63, 3.8) is 0 Å². The van der Waals surface area contributed by atoms with E-state index in [2.05, 4.69) is 90.1 Å². The van der Waals surface area contributed by atoms with Crippen molar-refractivity contribution in [1.82, 2.24) is 14.8 Å². The summed E-state index contributed by atoms with van der Waals surface area (Å²) in [7, 11) is 2.15. The lowest BCUT2D eigenvalue weighted by molar-refractivity contribution is 0.366. The molecule has 2 aromatic rings. The second-order valence-electron chi connectivity index (χ2n) is 8.24. The van der Waals surface area contributed by atoms with Crippen LogP contribution in [-0.4, -0.2) is 40.8 Å². The predicted molar refractivity (Wildman–Crippen MR) is 130 cm³/mol. The second-order valence-corrected chi connectivity index (χ2v) is 8.24. The van der Waals surface area contributed by atoms with E-state index in [1.807, 2.05) is 6.07 Å². The summed E-state index contributed by atoms with van der Waals surface area (Å²) < 4.78 is 0. The Hall–Kier alpha value is -3.34. The number of rotatable bonds is 4. The van der Waals surface area contributed by atoms with Crippen LogP contribution >= 0.6 is 0 Å². The second kappa shape index (κ2) is 9.21. The fourth-order valence-electron chi connectivity index (χ4n) is 4.03. The number of aromatic nitrogens is 1. The van der Waals surface area contributed by atoms with E-state index in [4.69, 9.17) is 4.99 Å². The molecule has 3 heterocycles. The standard InChI is InChI=1S/C26H31N5/c1-19-10-7-12-22(18-19)23-13-8-14-24-26(29-23)31(17-6-5-16-30(24)4)21(3)28-25-20(2)11-9-15-27-25/h7,9-15,18H,3,5-6,8,16-17H2,1-2,4H3,(H,27,28). The molecule has 0 unspecified atom stereocenters. The summed E-state index contributed by atoms with van der Waals surface area (Å²) in [4.78, 5) is 14.2. The topological polar surface area (TPSA) is 43.8 Å². The van der Waals surface area contributed by atoms with Gasteiger partial charge in [0, 0.05) is 31.9 Å². The molecule has 1 fully saturated rings. The average molecular weight is 414 g/mol. The molecule has 0 spiro atoms. The third kappa shape index (κ3) is 4.71. The van der Waals surface area contributed by atoms with Crippen molar-refractivity contribution in [3.8, 4) is 0 Å². The van der Waals surface area contributed by atoms with E-state index >= 15 is 0 Å². The van der Waals surface area contributed by atoms with E-state index < -0.39 is 0 Å². The maximum atomic E-state index is 5.20. The molecule has 2 aliphatic rings. The number of pyridine rings is 1. The van der Waals surface area contributed by atoms with Crippen molar-refractivity contribution in [1.29, 1.82) is 0 Å². The molecule has 1 aromatic heterocycles. The first kappa shape index (κ1) is 20.9. The molecule has 31 heavy (non-hydrogen) atoms. The SMILES string of the molecule is C=C(Nc1ncccc1C)N1CCCCN(C)C2=CCC=C(c3cccc(C)c3)N=C21. The van der Waals surface area contributed by atoms with Crippen molar-refractivity contribution < 1.29 is 0 Å². The highest BCUT2D eigenvalue weighted by Crippen LogP contribution is 2.27. The van der Waals surface area contributed by atoms with E-state index in [0.717, 1.165) is 72.3 Å². The Balaban J connectivity index is 1.73. The van der Waals surface area contributed by atoms with E-state index in [0.29, 0.717) is 0 Å². The molecular formula is C26H31N5. The molecule has 1 aromatic carbocycles. The van der Waals surface area contributed by atoms with Crippen LogP contribution in [0.4, 0.5) is 5.82 Å². The van der Waals surface area contributed by atoms with Gasteiger partial charge < -0.3 is 15.1 Å². The summed E-state index contributed by atoms with van der Waals surface area (Å²) >= 11 is 0. The van der Waals surface area contributed by atoms with Crippen molar-refractivity contribution in [3.05, 3.63) is 89.5 Å². The zero-order valence-corrected chi connectivity index (χ0v) is 18.7. The summed E-state index contributed by atoms with van der Waals surface area (Å²) in [6.07, 6.45) is 9.34. The molecule has 4 rings (SSSR count). The van der Waals surface area contributed by atoms with E-state index in [1.165, 1.54) is 5.56 Å². The Morgan fingerprint density at radius 3 is 2.71 bits per heavy atom. The highest BCUT2D eigenvalue weighted by molar-refractivity contribution is 6.02. The zero-order chi connectivity index (χ0) is 21.8. The molecule has 160 valence electrons. The maximum Gasteiger partial charge on any atom is 0.158 e. The quantitative estimate of drug-likeness (QED) is 0.735. The molecule has 5 heteroatoms. The third-order valence-corrected chi connectivity index (χ3v) is 5.78. The number of fused-ring (bicyclic) bond motifs is 1. The average Bonchev–Trinajstić information content (AvgIpc) is 2.97. The van der Waals surface area contributed by atoms with Crippen LogP contribution in [0.3, 0.4) is 0 Å². The number of nitrogens with zero attached hydrogens (tertiary/aromatic N) is 4. The van der Waals surface area contributed by atoms with Crippen LogP contribution in [0, 0.1) is 13.8 Å². The minimum absolute atomic E-state index is 0.798. The number of anilines is 1. The van der Waals surface area contributed by atoms with Crippen LogP contribution < -0.4 is 5.32 Å². The van der Waals surface area contributed by atoms with Gasteiger partial charge in [0.2, 0.25) is 0 Å². The van der Waals surface area contributed by atoms with Gasteiger partial charge in [0.1, 0.15) is 11.6 Å². The summed E-state index contributed by atoms with van der Waals surface area (Å²) in [6.45, 7) is 10.4. The number of amidine groups is 1. The normalized spacial score (nSPS) is 16.8. The van der Waals surface area contributed by atoms with Gasteiger partial charge in [0.15, 0.2) is 5.84 Å². The van der Waals surface area contributed by atoms with Crippen LogP contribution in [0.2, 0.25) is 0 Å². The fourth-order valence-corrected chi connectivity index (χ4v) is 4.03. The van der Waals surface area contributed by atoms with Gasteiger partial charge in [-0.25, -0.2) is 9.98 Å². The highest BCUT2D eigenvalue weighted by atomic mass is 15.3. The van der Waals surface area contributed by atoms with E-state index in [9.17, 15) is 0 Å². The van der Waals surface area contributed by atoms with Gasteiger partial charge >= 0.3 is 0 Å². The third-order valence-electron chi connectivity index (χ3n) is 5.78. The van der Waals surface area contributed by atoms with Crippen molar-refractivity contribution in [2.24, 2.45) is 4.99 Å². The molecule has 5 nitrogen and oxygen atoms in total. The monoisotopic (exact) mass is 413 g/mol. The van der Waals surface area contributed by atoms with Crippen molar-refractivity contribution >= 4 is 17.4 Å². The molecule has 1 saturated heterocycles. The van der Waals surface area contributed by atoms with Gasteiger partial charge in [-0.15, -0.1) is 0 Å². The zero-order valence-electron chi connectivity index (χ0n) is 18.7. The lowest BCUT2D eigenvalue weighted by atomic mass is 10.1. The fraction of sp³-hybridized carbons (Fsp3) is 0.308. The molecule has 0 amide bonds. The van der Waals surface area contributed by atoms with E-state index in [-0.39, 0.29) is 0 Å². The van der Waals surface area contributed by atoms with Crippen LogP contribution in [0.25, 0.3) is 5.70 Å². The molecule has 0 aliphatic carbocycles. The van der Waals surface area contributed by atoms with Gasteiger partial charge in [0.25, 0.3) is 0 Å². The number of likely N-dealkylation sites (N-methyl/N-ethyl adjacent to an activating group) is 1. The first-order valence-electron chi connectivity index (χ1n) is 11.0. The summed E-state index contributed by atoms with van der Waals surface area (Å²) in [5, 5.41) is 3.43. The minimum Gasteiger partial charge on any atom is -0.372 e. The molecule has 2 aliphatic heterocycles. The smallest absolute Gasteiger partial charge is 0.158 e. The minimum atomic E-state index is 0.798. The number of aryl methyl sites for hydroxylation is 2. The van der Waals surface area contributed by atoms with Gasteiger partial charge in [-0.1, -0.05) is 48.6 Å². The highest BCUT2D eigenvalue weighted by Gasteiger charge is 2.25. The van der Waals surface area contributed by atoms with Crippen LogP contribution in [0.15, 0.2) is 77.8 Å².